The van der Waals surface area contributed by atoms with Crippen LogP contribution in [0.25, 0.3) is 18.7 Å². The molecule has 0 saturated heterocycles. The highest BCUT2D eigenvalue weighted by atomic mass is 16.2. The van der Waals surface area contributed by atoms with Crippen LogP contribution in [0, 0.1) is 0 Å². The van der Waals surface area contributed by atoms with Crippen LogP contribution < -0.4 is 21.6 Å². The highest BCUT2D eigenvalue weighted by Gasteiger charge is 2.11. The molecule has 0 radical (unpaired) electrons. The van der Waals surface area contributed by atoms with Gasteiger partial charge in [0.25, 0.3) is 11.1 Å². The largest absolute Gasteiger partial charge is 0.277 e. The van der Waals surface area contributed by atoms with Crippen molar-refractivity contribution in [3.63, 3.8) is 0 Å². The van der Waals surface area contributed by atoms with Gasteiger partial charge in [0.15, 0.2) is 0 Å². The number of nitrogens with zero attached hydrogens (tertiary/aromatic N) is 1. The summed E-state index contributed by atoms with van der Waals surface area (Å²) >= 11 is 0. The second kappa shape index (κ2) is 4.61. The summed E-state index contributed by atoms with van der Waals surface area (Å²) in [4.78, 5) is 24.4. The maximum Gasteiger partial charge on any atom is 0.261 e. The van der Waals surface area contributed by atoms with E-state index in [1.165, 1.54) is 7.05 Å². The quantitative estimate of drug-likeness (QED) is 0.698. The van der Waals surface area contributed by atoms with E-state index in [9.17, 15) is 9.59 Å². The summed E-state index contributed by atoms with van der Waals surface area (Å²) in [7, 11) is 1.49. The van der Waals surface area contributed by atoms with Crippen molar-refractivity contribution in [2.45, 2.75) is 12.8 Å². The second-order valence-electron chi connectivity index (χ2n) is 4.30. The standard InChI is InChI=1S/C15H15NO2/c1-4-7-12-10(2)11-8-5-6-9-13(11)15(18)16(3)14(12)17/h4,6-7,9H,1-2,5,8H2,3H3/b12-7+. The zero-order chi connectivity index (χ0) is 13.3. The van der Waals surface area contributed by atoms with Crippen molar-refractivity contribution in [1.82, 2.24) is 4.57 Å². The molecule has 1 aliphatic carbocycles. The molecule has 3 nitrogen and oxygen atoms in total. The number of rotatable bonds is 1. The molecule has 0 spiro atoms. The molecule has 0 atom stereocenters. The third kappa shape index (κ3) is 1.78. The number of aromatic nitrogens is 1. The molecule has 1 aliphatic rings. The Morgan fingerprint density at radius 2 is 2.06 bits per heavy atom. The second-order valence-corrected chi connectivity index (χ2v) is 4.30. The number of hydrogen-bond acceptors (Lipinski definition) is 2. The molecule has 2 rings (SSSR count). The highest BCUT2D eigenvalue weighted by Crippen LogP contribution is 2.09. The summed E-state index contributed by atoms with van der Waals surface area (Å²) in [5.41, 5.74) is 0.857. The molecule has 0 fully saturated rings. The van der Waals surface area contributed by atoms with Crippen LogP contribution in [-0.4, -0.2) is 4.57 Å². The predicted octanol–water partition coefficient (Wildman–Crippen LogP) is 0.0817. The Kier molecular flexibility index (Phi) is 3.15. The lowest BCUT2D eigenvalue weighted by atomic mass is 9.98. The minimum atomic E-state index is -0.326. The molecular weight excluding hydrogens is 226 g/mol. The lowest BCUT2D eigenvalue weighted by Gasteiger charge is -2.06. The molecule has 1 aromatic heterocycles. The Bertz CT molecular complexity index is 767. The van der Waals surface area contributed by atoms with Crippen molar-refractivity contribution in [2.75, 3.05) is 0 Å². The summed E-state index contributed by atoms with van der Waals surface area (Å²) in [6.45, 7) is 7.57. The smallest absolute Gasteiger partial charge is 0.261 e. The minimum Gasteiger partial charge on any atom is -0.277 e. The molecule has 1 aromatic rings. The summed E-state index contributed by atoms with van der Waals surface area (Å²) in [5.74, 6) is 0. The van der Waals surface area contributed by atoms with Crippen molar-refractivity contribution in [2.24, 2.45) is 7.05 Å². The minimum absolute atomic E-state index is 0.264. The van der Waals surface area contributed by atoms with Crippen LogP contribution in [0.4, 0.5) is 0 Å². The van der Waals surface area contributed by atoms with E-state index in [1.807, 2.05) is 6.08 Å². The normalized spacial score (nSPS) is 14.4. The Morgan fingerprint density at radius 1 is 1.33 bits per heavy atom. The van der Waals surface area contributed by atoms with E-state index in [2.05, 4.69) is 13.2 Å². The molecule has 0 aliphatic heterocycles. The lowest BCUT2D eigenvalue weighted by Crippen LogP contribution is -2.43. The van der Waals surface area contributed by atoms with Crippen LogP contribution >= 0.6 is 0 Å². The zero-order valence-electron chi connectivity index (χ0n) is 10.4. The van der Waals surface area contributed by atoms with Crippen molar-refractivity contribution in [1.29, 1.82) is 0 Å². The zero-order valence-corrected chi connectivity index (χ0v) is 10.4. The molecule has 1 heterocycles. The molecule has 0 amide bonds. The van der Waals surface area contributed by atoms with E-state index < -0.39 is 0 Å². The molecule has 0 saturated carbocycles. The van der Waals surface area contributed by atoms with Crippen molar-refractivity contribution < 1.29 is 0 Å². The van der Waals surface area contributed by atoms with Crippen LogP contribution in [0.5, 0.6) is 0 Å². The van der Waals surface area contributed by atoms with Gasteiger partial charge in [-0.15, -0.1) is 0 Å². The van der Waals surface area contributed by atoms with Crippen molar-refractivity contribution in [3.8, 4) is 0 Å². The van der Waals surface area contributed by atoms with Crippen LogP contribution in [0.2, 0.25) is 0 Å². The molecule has 0 N–H and O–H groups in total. The fourth-order valence-corrected chi connectivity index (χ4v) is 2.21. The van der Waals surface area contributed by atoms with Gasteiger partial charge in [-0.3, -0.25) is 14.2 Å². The first-order valence-corrected chi connectivity index (χ1v) is 5.82. The Balaban J connectivity index is 3.20. The Labute approximate surface area is 105 Å². The molecule has 0 aromatic carbocycles. The van der Waals surface area contributed by atoms with Crippen molar-refractivity contribution >= 4 is 18.7 Å². The average molecular weight is 241 g/mol. The van der Waals surface area contributed by atoms with Crippen LogP contribution in [0.1, 0.15) is 17.5 Å². The number of fused-ring (bicyclic) bond motifs is 1. The summed E-state index contributed by atoms with van der Waals surface area (Å²) in [6.07, 6.45) is 8.50. The fourth-order valence-electron chi connectivity index (χ4n) is 2.21. The van der Waals surface area contributed by atoms with Gasteiger partial charge in [0, 0.05) is 17.8 Å². The third-order valence-corrected chi connectivity index (χ3v) is 3.21. The maximum absolute atomic E-state index is 12.2. The van der Waals surface area contributed by atoms with Crippen molar-refractivity contribution in [3.05, 3.63) is 61.0 Å². The molecule has 18 heavy (non-hydrogen) atoms. The fraction of sp³-hybridized carbons (Fsp3) is 0.200. The van der Waals surface area contributed by atoms with Gasteiger partial charge in [0.1, 0.15) is 0 Å². The molecule has 3 heteroatoms. The van der Waals surface area contributed by atoms with E-state index >= 15 is 0 Å². The number of allylic oxidation sites excluding steroid dienone is 2. The first-order valence-electron chi connectivity index (χ1n) is 5.82. The number of hydrogen-bond donors (Lipinski definition) is 0. The average Bonchev–Trinajstić information content (AvgIpc) is 2.46. The summed E-state index contributed by atoms with van der Waals surface area (Å²) in [5, 5.41) is 1.08. The Hall–Kier alpha value is -2.16. The van der Waals surface area contributed by atoms with Gasteiger partial charge in [-0.2, -0.15) is 0 Å². The Morgan fingerprint density at radius 3 is 2.72 bits per heavy atom. The van der Waals surface area contributed by atoms with Gasteiger partial charge >= 0.3 is 0 Å². The predicted molar refractivity (Wildman–Crippen MR) is 74.7 cm³/mol. The van der Waals surface area contributed by atoms with Crippen LogP contribution in [0.3, 0.4) is 0 Å². The van der Waals surface area contributed by atoms with E-state index in [1.54, 1.807) is 18.2 Å². The third-order valence-electron chi connectivity index (χ3n) is 3.21. The van der Waals surface area contributed by atoms with E-state index in [4.69, 9.17) is 0 Å². The maximum atomic E-state index is 12.2. The monoisotopic (exact) mass is 241 g/mol. The molecular formula is C15H15NO2. The van der Waals surface area contributed by atoms with Gasteiger partial charge in [0.05, 0.1) is 0 Å². The van der Waals surface area contributed by atoms with Crippen LogP contribution in [-0.2, 0) is 13.5 Å². The van der Waals surface area contributed by atoms with Gasteiger partial charge in [0.2, 0.25) is 0 Å². The topological polar surface area (TPSA) is 39.1 Å². The lowest BCUT2D eigenvalue weighted by molar-refractivity contribution is 0.820. The summed E-state index contributed by atoms with van der Waals surface area (Å²) in [6, 6.07) is 0. The SMILES string of the molecule is C=C/C=c1\c(=C)c2c(c(=O)n(C)c1=O)C=CCC2. The van der Waals surface area contributed by atoms with Gasteiger partial charge in [-0.05, 0) is 29.7 Å². The van der Waals surface area contributed by atoms with E-state index in [0.29, 0.717) is 16.0 Å². The first kappa shape index (κ1) is 12.3. The highest BCUT2D eigenvalue weighted by molar-refractivity contribution is 5.56. The summed E-state index contributed by atoms with van der Waals surface area (Å²) < 4.78 is 1.14. The van der Waals surface area contributed by atoms with Gasteiger partial charge in [-0.1, -0.05) is 31.4 Å². The van der Waals surface area contributed by atoms with Gasteiger partial charge in [-0.25, -0.2) is 0 Å². The van der Waals surface area contributed by atoms with Crippen LogP contribution in [0.15, 0.2) is 28.3 Å². The molecule has 92 valence electrons. The molecule has 0 bridgehead atoms. The van der Waals surface area contributed by atoms with E-state index in [-0.39, 0.29) is 11.1 Å². The molecule has 0 unspecified atom stereocenters. The first-order chi connectivity index (χ1) is 8.57. The van der Waals surface area contributed by atoms with E-state index in [0.717, 1.165) is 23.0 Å². The van der Waals surface area contributed by atoms with Gasteiger partial charge < -0.3 is 0 Å².